The first kappa shape index (κ1) is 18.5. The van der Waals surface area contributed by atoms with Crippen LogP contribution >= 0.6 is 0 Å². The number of nitrogens with one attached hydrogen (secondary N) is 1. The van der Waals surface area contributed by atoms with Gasteiger partial charge in [0.15, 0.2) is 11.6 Å². The predicted molar refractivity (Wildman–Crippen MR) is 97.6 cm³/mol. The van der Waals surface area contributed by atoms with Crippen molar-refractivity contribution in [3.05, 3.63) is 95.3 Å². The lowest BCUT2D eigenvalue weighted by Gasteiger charge is -2.13. The van der Waals surface area contributed by atoms with Gasteiger partial charge in [0.05, 0.1) is 18.4 Å². The molecular weight excluding hydrogens is 385 g/mol. The lowest BCUT2D eigenvalue weighted by molar-refractivity contribution is -0.137. The van der Waals surface area contributed by atoms with Crippen LogP contribution in [0.5, 0.6) is 0 Å². The van der Waals surface area contributed by atoms with Crippen LogP contribution in [-0.2, 0) is 16.1 Å². The number of hydrogen-bond donors (Lipinski definition) is 1. The molecule has 0 spiro atoms. The number of halogens is 3. The van der Waals surface area contributed by atoms with Crippen molar-refractivity contribution in [2.24, 2.45) is 0 Å². The zero-order valence-corrected chi connectivity index (χ0v) is 14.8. The zero-order valence-electron chi connectivity index (χ0n) is 14.8. The van der Waals surface area contributed by atoms with E-state index in [-0.39, 0.29) is 23.5 Å². The Hall–Kier alpha value is -3.81. The Bertz CT molecular complexity index is 1120. The van der Waals surface area contributed by atoms with Gasteiger partial charge in [-0.3, -0.25) is 14.5 Å². The van der Waals surface area contributed by atoms with Gasteiger partial charge in [0.2, 0.25) is 0 Å². The fourth-order valence-corrected chi connectivity index (χ4v) is 3.00. The SMILES string of the molecule is O=C1C(Nc2ccc(F)c(F)c2)=C(c2ccc(F)cc2)C(=O)N1Cc1ccco1. The fraction of sp³-hybridized carbons (Fsp3) is 0.0476. The van der Waals surface area contributed by atoms with Crippen LogP contribution in [-0.4, -0.2) is 16.7 Å². The molecule has 1 aliphatic rings. The molecule has 0 aliphatic carbocycles. The van der Waals surface area contributed by atoms with Gasteiger partial charge in [-0.1, -0.05) is 12.1 Å². The minimum Gasteiger partial charge on any atom is -0.467 e. The molecule has 2 heterocycles. The smallest absolute Gasteiger partial charge is 0.278 e. The quantitative estimate of drug-likeness (QED) is 0.658. The lowest BCUT2D eigenvalue weighted by Crippen LogP contribution is -2.31. The Morgan fingerprint density at radius 1 is 0.897 bits per heavy atom. The maximum absolute atomic E-state index is 13.6. The highest BCUT2D eigenvalue weighted by atomic mass is 19.2. The maximum atomic E-state index is 13.6. The fourth-order valence-electron chi connectivity index (χ4n) is 3.00. The van der Waals surface area contributed by atoms with E-state index in [1.165, 1.54) is 24.5 Å². The monoisotopic (exact) mass is 398 g/mol. The number of furan rings is 1. The second-order valence-corrected chi connectivity index (χ2v) is 6.29. The second-order valence-electron chi connectivity index (χ2n) is 6.29. The van der Waals surface area contributed by atoms with Crippen LogP contribution in [0.25, 0.3) is 5.57 Å². The molecule has 4 rings (SSSR count). The van der Waals surface area contributed by atoms with Crippen molar-refractivity contribution in [2.75, 3.05) is 5.32 Å². The number of carbonyl (C=O) groups is 2. The minimum atomic E-state index is -1.11. The van der Waals surface area contributed by atoms with E-state index in [9.17, 15) is 22.8 Å². The number of anilines is 1. The van der Waals surface area contributed by atoms with Gasteiger partial charge in [-0.2, -0.15) is 0 Å². The first-order chi connectivity index (χ1) is 13.9. The minimum absolute atomic E-state index is 0.00807. The Labute approximate surface area is 163 Å². The molecule has 1 N–H and O–H groups in total. The Balaban J connectivity index is 1.76. The summed E-state index contributed by atoms with van der Waals surface area (Å²) in [5, 5.41) is 2.70. The van der Waals surface area contributed by atoms with Crippen LogP contribution in [0.2, 0.25) is 0 Å². The van der Waals surface area contributed by atoms with Crippen LogP contribution in [0.1, 0.15) is 11.3 Å². The van der Waals surface area contributed by atoms with Gasteiger partial charge in [0.1, 0.15) is 17.3 Å². The summed E-state index contributed by atoms with van der Waals surface area (Å²) in [6, 6.07) is 11.3. The summed E-state index contributed by atoms with van der Waals surface area (Å²) in [5.74, 6) is -3.56. The summed E-state index contributed by atoms with van der Waals surface area (Å²) < 4.78 is 45.3. The number of amides is 2. The molecule has 0 atom stereocenters. The highest BCUT2D eigenvalue weighted by Crippen LogP contribution is 2.32. The van der Waals surface area contributed by atoms with E-state index in [0.29, 0.717) is 11.3 Å². The molecule has 1 aromatic heterocycles. The van der Waals surface area contributed by atoms with Gasteiger partial charge in [0.25, 0.3) is 11.8 Å². The number of hydrogen-bond acceptors (Lipinski definition) is 4. The predicted octanol–water partition coefficient (Wildman–Crippen LogP) is 4.09. The summed E-state index contributed by atoms with van der Waals surface area (Å²) in [6.45, 7) is -0.113. The summed E-state index contributed by atoms with van der Waals surface area (Å²) >= 11 is 0. The highest BCUT2D eigenvalue weighted by Gasteiger charge is 2.39. The molecule has 146 valence electrons. The van der Waals surface area contributed by atoms with Crippen LogP contribution in [0.4, 0.5) is 18.9 Å². The van der Waals surface area contributed by atoms with E-state index in [0.717, 1.165) is 29.2 Å². The second kappa shape index (κ2) is 7.31. The van der Waals surface area contributed by atoms with Crippen molar-refractivity contribution in [3.63, 3.8) is 0 Å². The van der Waals surface area contributed by atoms with Gasteiger partial charge in [-0.15, -0.1) is 0 Å². The summed E-state index contributed by atoms with van der Waals surface area (Å²) in [6.07, 6.45) is 1.41. The van der Waals surface area contributed by atoms with Crippen LogP contribution in [0.15, 0.2) is 71.0 Å². The molecule has 0 bridgehead atoms. The number of imide groups is 1. The first-order valence-electron chi connectivity index (χ1n) is 8.55. The van der Waals surface area contributed by atoms with Crippen molar-refractivity contribution in [1.29, 1.82) is 0 Å². The zero-order chi connectivity index (χ0) is 20.5. The molecule has 1 aliphatic heterocycles. The molecule has 0 unspecified atom stereocenters. The number of benzene rings is 2. The molecule has 0 saturated heterocycles. The largest absolute Gasteiger partial charge is 0.467 e. The number of carbonyl (C=O) groups excluding carboxylic acids is 2. The maximum Gasteiger partial charge on any atom is 0.278 e. The molecule has 2 aromatic carbocycles. The molecule has 5 nitrogen and oxygen atoms in total. The van der Waals surface area contributed by atoms with Gasteiger partial charge in [0, 0.05) is 11.8 Å². The summed E-state index contributed by atoms with van der Waals surface area (Å²) in [4.78, 5) is 26.9. The van der Waals surface area contributed by atoms with Crippen LogP contribution in [0, 0.1) is 17.5 Å². The van der Waals surface area contributed by atoms with Crippen molar-refractivity contribution >= 4 is 23.1 Å². The normalized spacial score (nSPS) is 14.1. The molecule has 3 aromatic rings. The average molecular weight is 398 g/mol. The third-order valence-electron chi connectivity index (χ3n) is 4.38. The van der Waals surface area contributed by atoms with E-state index >= 15 is 0 Å². The van der Waals surface area contributed by atoms with Gasteiger partial charge in [-0.25, -0.2) is 13.2 Å². The van der Waals surface area contributed by atoms with E-state index < -0.39 is 29.3 Å². The van der Waals surface area contributed by atoms with Gasteiger partial charge < -0.3 is 9.73 Å². The molecular formula is C21H13F3N2O3. The number of nitrogens with zero attached hydrogens (tertiary/aromatic N) is 1. The van der Waals surface area contributed by atoms with Crippen molar-refractivity contribution in [3.8, 4) is 0 Å². The molecule has 0 saturated carbocycles. The van der Waals surface area contributed by atoms with E-state index in [4.69, 9.17) is 4.42 Å². The third-order valence-corrected chi connectivity index (χ3v) is 4.38. The standard InChI is InChI=1S/C21H13F3N2O3/c22-13-5-3-12(4-6-13)18-19(25-14-7-8-16(23)17(24)10-14)21(28)26(20(18)27)11-15-2-1-9-29-15/h1-10,25H,11H2. The average Bonchev–Trinajstić information content (AvgIpc) is 3.29. The first-order valence-corrected chi connectivity index (χ1v) is 8.55. The van der Waals surface area contributed by atoms with Crippen molar-refractivity contribution in [2.45, 2.75) is 6.54 Å². The van der Waals surface area contributed by atoms with Crippen molar-refractivity contribution < 1.29 is 27.2 Å². The summed E-state index contributed by atoms with van der Waals surface area (Å²) in [5.41, 5.74) is 0.252. The molecule has 0 radical (unpaired) electrons. The number of rotatable bonds is 5. The van der Waals surface area contributed by atoms with Crippen LogP contribution in [0.3, 0.4) is 0 Å². The van der Waals surface area contributed by atoms with Gasteiger partial charge in [-0.05, 0) is 42.0 Å². The molecule has 0 fully saturated rings. The summed E-state index contributed by atoms with van der Waals surface area (Å²) in [7, 11) is 0. The molecule has 29 heavy (non-hydrogen) atoms. The van der Waals surface area contributed by atoms with E-state index in [1.54, 1.807) is 12.1 Å². The third kappa shape index (κ3) is 3.52. The molecule has 8 heteroatoms. The van der Waals surface area contributed by atoms with Gasteiger partial charge >= 0.3 is 0 Å². The topological polar surface area (TPSA) is 62.6 Å². The van der Waals surface area contributed by atoms with E-state index in [2.05, 4.69) is 5.32 Å². The molecule has 2 amide bonds. The lowest BCUT2D eigenvalue weighted by atomic mass is 10.0. The Kier molecular flexibility index (Phi) is 4.67. The van der Waals surface area contributed by atoms with E-state index in [1.807, 2.05) is 0 Å². The van der Waals surface area contributed by atoms with Crippen molar-refractivity contribution in [1.82, 2.24) is 4.90 Å². The highest BCUT2D eigenvalue weighted by molar-refractivity contribution is 6.36. The Morgan fingerprint density at radius 2 is 1.66 bits per heavy atom. The van der Waals surface area contributed by atoms with Crippen LogP contribution < -0.4 is 5.32 Å². The Morgan fingerprint density at radius 3 is 2.31 bits per heavy atom.